The normalized spacial score (nSPS) is 15.2. The summed E-state index contributed by atoms with van der Waals surface area (Å²) in [6, 6.07) is 14.1. The van der Waals surface area contributed by atoms with Crippen LogP contribution in [0, 0.1) is 0 Å². The third kappa shape index (κ3) is 2.80. The van der Waals surface area contributed by atoms with Crippen LogP contribution in [0.4, 0.5) is 10.8 Å². The summed E-state index contributed by atoms with van der Waals surface area (Å²) in [7, 11) is 0. The fraction of sp³-hybridized carbons (Fsp3) is 0.316. The maximum Gasteiger partial charge on any atom is 0.186 e. The van der Waals surface area contributed by atoms with Crippen LogP contribution < -0.4 is 9.80 Å². The van der Waals surface area contributed by atoms with Crippen molar-refractivity contribution in [1.29, 1.82) is 0 Å². The summed E-state index contributed by atoms with van der Waals surface area (Å²) >= 11 is 1.78. The van der Waals surface area contributed by atoms with Gasteiger partial charge in [0.05, 0.1) is 15.9 Å². The van der Waals surface area contributed by atoms with Crippen molar-refractivity contribution in [3.63, 3.8) is 0 Å². The molecule has 124 valence electrons. The molecular formula is C19H21N3OS. The number of aromatic nitrogens is 1. The van der Waals surface area contributed by atoms with Gasteiger partial charge in [0.1, 0.15) is 5.75 Å². The van der Waals surface area contributed by atoms with E-state index in [1.165, 1.54) is 10.3 Å². The molecule has 1 fully saturated rings. The van der Waals surface area contributed by atoms with Crippen molar-refractivity contribution in [2.45, 2.75) is 13.3 Å². The van der Waals surface area contributed by atoms with E-state index in [9.17, 15) is 5.11 Å². The molecule has 1 aromatic heterocycles. The summed E-state index contributed by atoms with van der Waals surface area (Å²) in [4.78, 5) is 9.40. The van der Waals surface area contributed by atoms with E-state index in [4.69, 9.17) is 4.98 Å². The van der Waals surface area contributed by atoms with Gasteiger partial charge in [0, 0.05) is 26.2 Å². The van der Waals surface area contributed by atoms with Crippen LogP contribution in [0.2, 0.25) is 0 Å². The molecule has 2 heterocycles. The highest BCUT2D eigenvalue weighted by Gasteiger charge is 2.21. The zero-order valence-electron chi connectivity index (χ0n) is 13.8. The Kier molecular flexibility index (Phi) is 4.02. The zero-order valence-corrected chi connectivity index (χ0v) is 14.6. The summed E-state index contributed by atoms with van der Waals surface area (Å²) in [5.74, 6) is 0.359. The minimum Gasteiger partial charge on any atom is -0.506 e. The highest BCUT2D eigenvalue weighted by Crippen LogP contribution is 2.32. The summed E-state index contributed by atoms with van der Waals surface area (Å²) in [5.41, 5.74) is 3.38. The second-order valence-corrected chi connectivity index (χ2v) is 7.12. The van der Waals surface area contributed by atoms with Crippen LogP contribution in [0.25, 0.3) is 10.2 Å². The van der Waals surface area contributed by atoms with E-state index >= 15 is 0 Å². The average molecular weight is 339 g/mol. The third-order valence-electron chi connectivity index (χ3n) is 4.62. The Morgan fingerprint density at radius 3 is 2.54 bits per heavy atom. The van der Waals surface area contributed by atoms with Crippen LogP contribution in [0.3, 0.4) is 0 Å². The van der Waals surface area contributed by atoms with Crippen LogP contribution in [-0.2, 0) is 6.42 Å². The first-order valence-corrected chi connectivity index (χ1v) is 9.23. The van der Waals surface area contributed by atoms with Crippen LogP contribution in [0.1, 0.15) is 12.5 Å². The quantitative estimate of drug-likeness (QED) is 0.786. The van der Waals surface area contributed by atoms with Crippen molar-refractivity contribution in [3.8, 4) is 5.75 Å². The Morgan fingerprint density at radius 2 is 1.79 bits per heavy atom. The van der Waals surface area contributed by atoms with E-state index in [-0.39, 0.29) is 0 Å². The van der Waals surface area contributed by atoms with Gasteiger partial charge in [0.15, 0.2) is 5.13 Å². The monoisotopic (exact) mass is 339 g/mol. The second kappa shape index (κ2) is 6.32. The SMILES string of the molecule is CCc1ccc2nc(N3CCN(c4ccccc4O)CC3)sc2c1. The highest BCUT2D eigenvalue weighted by atomic mass is 32.1. The maximum absolute atomic E-state index is 10.0. The van der Waals surface area contributed by atoms with Gasteiger partial charge < -0.3 is 14.9 Å². The van der Waals surface area contributed by atoms with Gasteiger partial charge in [0.2, 0.25) is 0 Å². The number of thiazole rings is 1. The molecular weight excluding hydrogens is 318 g/mol. The van der Waals surface area contributed by atoms with Gasteiger partial charge in [-0.2, -0.15) is 0 Å². The Balaban J connectivity index is 1.50. The summed E-state index contributed by atoms with van der Waals surface area (Å²) < 4.78 is 1.27. The number of fused-ring (bicyclic) bond motifs is 1. The van der Waals surface area contributed by atoms with E-state index in [0.29, 0.717) is 5.75 Å². The largest absolute Gasteiger partial charge is 0.506 e. The molecule has 0 spiro atoms. The first-order chi connectivity index (χ1) is 11.7. The van der Waals surface area contributed by atoms with Gasteiger partial charge in [-0.3, -0.25) is 0 Å². The lowest BCUT2D eigenvalue weighted by molar-refractivity contribution is 0.472. The molecule has 0 radical (unpaired) electrons. The number of phenolic OH excluding ortho intramolecular Hbond substituents is 1. The molecule has 3 aromatic rings. The van der Waals surface area contributed by atoms with E-state index in [2.05, 4.69) is 34.9 Å². The Labute approximate surface area is 146 Å². The van der Waals surface area contributed by atoms with Crippen molar-refractivity contribution in [2.75, 3.05) is 36.0 Å². The lowest BCUT2D eigenvalue weighted by Gasteiger charge is -2.36. The average Bonchev–Trinajstić information content (AvgIpc) is 3.05. The molecule has 2 aromatic carbocycles. The first-order valence-electron chi connectivity index (χ1n) is 8.42. The van der Waals surface area contributed by atoms with Crippen LogP contribution in [0.15, 0.2) is 42.5 Å². The molecule has 4 nitrogen and oxygen atoms in total. The molecule has 24 heavy (non-hydrogen) atoms. The zero-order chi connectivity index (χ0) is 16.5. The fourth-order valence-electron chi connectivity index (χ4n) is 3.18. The number of nitrogens with zero attached hydrogens (tertiary/aromatic N) is 3. The van der Waals surface area contributed by atoms with E-state index in [1.807, 2.05) is 18.2 Å². The van der Waals surface area contributed by atoms with Crippen LogP contribution in [-0.4, -0.2) is 36.3 Å². The van der Waals surface area contributed by atoms with Gasteiger partial charge in [0.25, 0.3) is 0 Å². The molecule has 1 N–H and O–H groups in total. The number of anilines is 2. The van der Waals surface area contributed by atoms with Gasteiger partial charge in [-0.05, 0) is 36.2 Å². The first kappa shape index (κ1) is 15.3. The number of phenols is 1. The lowest BCUT2D eigenvalue weighted by atomic mass is 10.2. The Morgan fingerprint density at radius 1 is 1.04 bits per heavy atom. The number of rotatable bonds is 3. The maximum atomic E-state index is 10.0. The molecule has 0 amide bonds. The predicted molar refractivity (Wildman–Crippen MR) is 102 cm³/mol. The number of hydrogen-bond donors (Lipinski definition) is 1. The second-order valence-electron chi connectivity index (χ2n) is 6.11. The summed E-state index contributed by atoms with van der Waals surface area (Å²) in [6.07, 6.45) is 1.06. The number of benzene rings is 2. The van der Waals surface area contributed by atoms with Gasteiger partial charge in [-0.25, -0.2) is 4.98 Å². The smallest absolute Gasteiger partial charge is 0.186 e. The predicted octanol–water partition coefficient (Wildman–Crippen LogP) is 3.89. The molecule has 5 heteroatoms. The molecule has 0 bridgehead atoms. The van der Waals surface area contributed by atoms with Crippen LogP contribution >= 0.6 is 11.3 Å². The summed E-state index contributed by atoms with van der Waals surface area (Å²) in [5, 5.41) is 11.1. The van der Waals surface area contributed by atoms with Gasteiger partial charge >= 0.3 is 0 Å². The minimum atomic E-state index is 0.359. The number of piperazine rings is 1. The molecule has 1 aliphatic heterocycles. The highest BCUT2D eigenvalue weighted by molar-refractivity contribution is 7.22. The number of para-hydroxylation sites is 2. The van der Waals surface area contributed by atoms with Crippen molar-refractivity contribution in [1.82, 2.24) is 4.98 Å². The van der Waals surface area contributed by atoms with E-state index in [0.717, 1.165) is 48.9 Å². The molecule has 0 saturated carbocycles. The Hall–Kier alpha value is -2.27. The number of aryl methyl sites for hydroxylation is 1. The van der Waals surface area contributed by atoms with E-state index < -0.39 is 0 Å². The third-order valence-corrected chi connectivity index (χ3v) is 5.70. The topological polar surface area (TPSA) is 39.6 Å². The van der Waals surface area contributed by atoms with Crippen molar-refractivity contribution in [2.24, 2.45) is 0 Å². The lowest BCUT2D eigenvalue weighted by Crippen LogP contribution is -2.46. The molecule has 1 saturated heterocycles. The molecule has 0 atom stereocenters. The standard InChI is InChI=1S/C19H21N3OS/c1-2-14-7-8-15-18(13-14)24-19(20-15)22-11-9-21(10-12-22)16-5-3-4-6-17(16)23/h3-8,13,23H,2,9-12H2,1H3. The molecule has 4 rings (SSSR count). The van der Waals surface area contributed by atoms with Crippen LogP contribution in [0.5, 0.6) is 5.75 Å². The molecule has 0 unspecified atom stereocenters. The fourth-order valence-corrected chi connectivity index (χ4v) is 4.26. The Bertz CT molecular complexity index is 853. The van der Waals surface area contributed by atoms with Crippen molar-refractivity contribution < 1.29 is 5.11 Å². The summed E-state index contributed by atoms with van der Waals surface area (Å²) in [6.45, 7) is 5.83. The van der Waals surface area contributed by atoms with Crippen molar-refractivity contribution >= 4 is 32.4 Å². The van der Waals surface area contributed by atoms with Gasteiger partial charge in [-0.1, -0.05) is 36.5 Å². The molecule has 0 aliphatic carbocycles. The van der Waals surface area contributed by atoms with Gasteiger partial charge in [-0.15, -0.1) is 0 Å². The molecule has 1 aliphatic rings. The van der Waals surface area contributed by atoms with Crippen molar-refractivity contribution in [3.05, 3.63) is 48.0 Å². The minimum absolute atomic E-state index is 0.359. The number of hydrogen-bond acceptors (Lipinski definition) is 5. The van der Waals surface area contributed by atoms with E-state index in [1.54, 1.807) is 17.4 Å². The number of aromatic hydroxyl groups is 1.